The normalized spacial score (nSPS) is 11.4. The Morgan fingerprint density at radius 3 is 1.88 bits per heavy atom. The summed E-state index contributed by atoms with van der Waals surface area (Å²) < 4.78 is 8.88. The molecule has 3 N–H and O–H groups in total. The van der Waals surface area contributed by atoms with Crippen molar-refractivity contribution < 1.29 is 9.47 Å². The molecule has 8 heavy (non-hydrogen) atoms. The van der Waals surface area contributed by atoms with Crippen LogP contribution in [0.25, 0.3) is 0 Å². The molecule has 0 heterocycles. The summed E-state index contributed by atoms with van der Waals surface area (Å²) in [6.07, 6.45) is 0. The topological polar surface area (TPSA) is 80.7 Å². The van der Waals surface area contributed by atoms with Crippen LogP contribution in [0.1, 0.15) is 0 Å². The van der Waals surface area contributed by atoms with Gasteiger partial charge in [-0.25, -0.2) is 5.53 Å². The van der Waals surface area contributed by atoms with Gasteiger partial charge in [0.15, 0.2) is 0 Å². The minimum absolute atomic E-state index is 1.31. The molecule has 0 aromatic heterocycles. The van der Waals surface area contributed by atoms with E-state index in [0.29, 0.717) is 0 Å². The maximum Gasteiger partial charge on any atom is 0.349 e. The lowest BCUT2D eigenvalue weighted by Crippen LogP contribution is -2.40. The van der Waals surface area contributed by atoms with Gasteiger partial charge in [0.25, 0.3) is 0 Å². The predicted molar refractivity (Wildman–Crippen MR) is 26.1 cm³/mol. The quantitative estimate of drug-likeness (QED) is 0.401. The van der Waals surface area contributed by atoms with E-state index < -0.39 is 6.03 Å². The van der Waals surface area contributed by atoms with Crippen LogP contribution in [0.4, 0.5) is 0 Å². The minimum Gasteiger partial charge on any atom is -0.321 e. The molecule has 5 nitrogen and oxygen atoms in total. The standard InChI is InChI=1S/C3H9N3O2/c1-7-3(4,6-5)8-2/h5H,4H2,1-2H3. The lowest BCUT2D eigenvalue weighted by molar-refractivity contribution is -0.201. The molecule has 0 spiro atoms. The predicted octanol–water partition coefficient (Wildman–Crippen LogP) is -0.120. The van der Waals surface area contributed by atoms with E-state index in [1.807, 2.05) is 0 Å². The Labute approximate surface area is 47.3 Å². The zero-order chi connectivity index (χ0) is 6.62. The molecule has 5 heteroatoms. The van der Waals surface area contributed by atoms with E-state index in [1.165, 1.54) is 14.2 Å². The van der Waals surface area contributed by atoms with Gasteiger partial charge in [-0.05, 0) is 0 Å². The van der Waals surface area contributed by atoms with Crippen LogP contribution in [0.2, 0.25) is 0 Å². The van der Waals surface area contributed by atoms with E-state index in [-0.39, 0.29) is 0 Å². The van der Waals surface area contributed by atoms with E-state index in [1.54, 1.807) is 0 Å². The molecule has 0 rings (SSSR count). The second kappa shape index (κ2) is 2.71. The van der Waals surface area contributed by atoms with Crippen LogP contribution in [0.3, 0.4) is 0 Å². The van der Waals surface area contributed by atoms with Crippen molar-refractivity contribution in [3.63, 3.8) is 0 Å². The van der Waals surface area contributed by atoms with E-state index in [0.717, 1.165) is 0 Å². The molecule has 0 fully saturated rings. The molecular weight excluding hydrogens is 110 g/mol. The molecule has 0 atom stereocenters. The van der Waals surface area contributed by atoms with Gasteiger partial charge in [-0.1, -0.05) is 0 Å². The van der Waals surface area contributed by atoms with Crippen molar-refractivity contribution in [1.29, 1.82) is 5.53 Å². The van der Waals surface area contributed by atoms with Crippen LogP contribution in [0.15, 0.2) is 5.11 Å². The summed E-state index contributed by atoms with van der Waals surface area (Å²) >= 11 is 0. The number of hydrogen-bond acceptors (Lipinski definition) is 5. The summed E-state index contributed by atoms with van der Waals surface area (Å²) in [6, 6.07) is -1.58. The van der Waals surface area contributed by atoms with Gasteiger partial charge in [-0.3, -0.25) is 5.73 Å². The average molecular weight is 119 g/mol. The second-order valence-corrected chi connectivity index (χ2v) is 1.15. The Morgan fingerprint density at radius 2 is 1.88 bits per heavy atom. The SMILES string of the molecule is COC(N)(N=N)OC. The van der Waals surface area contributed by atoms with Gasteiger partial charge in [0.2, 0.25) is 0 Å². The molecule has 0 aliphatic rings. The molecular formula is C3H9N3O2. The number of hydrogen-bond donors (Lipinski definition) is 2. The van der Waals surface area contributed by atoms with Gasteiger partial charge in [0, 0.05) is 14.2 Å². The molecule has 0 radical (unpaired) electrons. The highest BCUT2D eigenvalue weighted by Gasteiger charge is 2.20. The first-order valence-corrected chi connectivity index (χ1v) is 1.96. The Bertz CT molecular complexity index is 80.6. The average Bonchev–Trinajstić information content (AvgIpc) is 1.87. The zero-order valence-corrected chi connectivity index (χ0v) is 4.84. The van der Waals surface area contributed by atoms with Gasteiger partial charge >= 0.3 is 6.03 Å². The van der Waals surface area contributed by atoms with Crippen molar-refractivity contribution in [3.05, 3.63) is 0 Å². The molecule has 0 unspecified atom stereocenters. The maximum atomic E-state index is 6.41. The van der Waals surface area contributed by atoms with Crippen LogP contribution in [-0.4, -0.2) is 20.3 Å². The Morgan fingerprint density at radius 1 is 1.50 bits per heavy atom. The smallest absolute Gasteiger partial charge is 0.321 e. The summed E-state index contributed by atoms with van der Waals surface area (Å²) in [6.45, 7) is 0. The minimum atomic E-state index is -1.58. The molecule has 0 aromatic rings. The molecule has 0 aliphatic heterocycles. The number of nitrogens with two attached hydrogens (primary N) is 1. The summed E-state index contributed by atoms with van der Waals surface area (Å²) in [5.74, 6) is 0. The molecule has 0 saturated heterocycles. The van der Waals surface area contributed by atoms with Crippen molar-refractivity contribution in [2.24, 2.45) is 10.8 Å². The first-order chi connectivity index (χ1) is 3.68. The molecule has 0 saturated carbocycles. The molecule has 48 valence electrons. The summed E-state index contributed by atoms with van der Waals surface area (Å²) in [7, 11) is 2.61. The second-order valence-electron chi connectivity index (χ2n) is 1.15. The van der Waals surface area contributed by atoms with Crippen LogP contribution >= 0.6 is 0 Å². The van der Waals surface area contributed by atoms with Gasteiger partial charge in [0.05, 0.1) is 0 Å². The molecule has 0 aromatic carbocycles. The van der Waals surface area contributed by atoms with Crippen molar-refractivity contribution in [2.45, 2.75) is 6.03 Å². The fraction of sp³-hybridized carbons (Fsp3) is 1.00. The molecule has 0 amide bonds. The summed E-state index contributed by atoms with van der Waals surface area (Å²) in [5, 5.41) is 2.84. The van der Waals surface area contributed by atoms with Gasteiger partial charge in [0.1, 0.15) is 0 Å². The molecule has 0 aliphatic carbocycles. The van der Waals surface area contributed by atoms with E-state index >= 15 is 0 Å². The fourth-order valence-electron chi connectivity index (χ4n) is 0.175. The monoisotopic (exact) mass is 119 g/mol. The third-order valence-electron chi connectivity index (χ3n) is 0.741. The van der Waals surface area contributed by atoms with Crippen molar-refractivity contribution in [3.8, 4) is 0 Å². The number of nitrogens with zero attached hydrogens (tertiary/aromatic N) is 1. The van der Waals surface area contributed by atoms with Crippen LogP contribution in [0, 0.1) is 5.53 Å². The highest BCUT2D eigenvalue weighted by Crippen LogP contribution is 2.01. The van der Waals surface area contributed by atoms with Crippen molar-refractivity contribution in [1.82, 2.24) is 0 Å². The van der Waals surface area contributed by atoms with E-state index in [2.05, 4.69) is 14.6 Å². The third kappa shape index (κ3) is 1.53. The lowest BCUT2D eigenvalue weighted by Gasteiger charge is -2.17. The Balaban J connectivity index is 3.76. The number of methoxy groups -OCH3 is 2. The summed E-state index contributed by atoms with van der Waals surface area (Å²) in [4.78, 5) is 0. The van der Waals surface area contributed by atoms with Crippen LogP contribution < -0.4 is 5.73 Å². The van der Waals surface area contributed by atoms with E-state index in [9.17, 15) is 0 Å². The fourth-order valence-corrected chi connectivity index (χ4v) is 0.175. The van der Waals surface area contributed by atoms with Crippen LogP contribution in [0.5, 0.6) is 0 Å². The maximum absolute atomic E-state index is 6.41. The van der Waals surface area contributed by atoms with Gasteiger partial charge in [-0.15, -0.1) is 5.11 Å². The Hall–Kier alpha value is -0.520. The highest BCUT2D eigenvalue weighted by atomic mass is 16.7. The zero-order valence-electron chi connectivity index (χ0n) is 4.84. The Kier molecular flexibility index (Phi) is 2.53. The number of ether oxygens (including phenoxy) is 2. The first-order valence-electron chi connectivity index (χ1n) is 1.96. The molecule has 0 bridgehead atoms. The van der Waals surface area contributed by atoms with E-state index in [4.69, 9.17) is 11.3 Å². The first kappa shape index (κ1) is 7.48. The third-order valence-corrected chi connectivity index (χ3v) is 0.741. The van der Waals surface area contributed by atoms with Crippen LogP contribution in [-0.2, 0) is 9.47 Å². The number of nitrogens with one attached hydrogen (secondary N) is 1. The lowest BCUT2D eigenvalue weighted by atomic mass is 10.9. The highest BCUT2D eigenvalue weighted by molar-refractivity contribution is 4.45. The van der Waals surface area contributed by atoms with Gasteiger partial charge < -0.3 is 9.47 Å². The van der Waals surface area contributed by atoms with Gasteiger partial charge in [-0.2, -0.15) is 0 Å². The largest absolute Gasteiger partial charge is 0.349 e. The van der Waals surface area contributed by atoms with Crippen molar-refractivity contribution >= 4 is 0 Å². The number of rotatable bonds is 3. The summed E-state index contributed by atoms with van der Waals surface area (Å²) in [5.41, 5.74) is 11.5. The van der Waals surface area contributed by atoms with Crippen molar-refractivity contribution in [2.75, 3.05) is 14.2 Å².